The van der Waals surface area contributed by atoms with E-state index in [-0.39, 0.29) is 28.4 Å². The molecule has 5 N–H and O–H groups in total. The molecular weight excluding hydrogens is 320 g/mol. The normalized spacial score (nSPS) is 10.9. The van der Waals surface area contributed by atoms with Crippen LogP contribution in [0.2, 0.25) is 0 Å². The van der Waals surface area contributed by atoms with Crippen molar-refractivity contribution in [3.8, 4) is 45.8 Å². The lowest BCUT2D eigenvalue weighted by molar-refractivity contribution is 0.352. The molecule has 0 saturated carbocycles. The molecule has 0 spiro atoms. The van der Waals surface area contributed by atoms with Crippen molar-refractivity contribution in [1.82, 2.24) is 0 Å². The fraction of sp³-hybridized carbons (Fsp3) is 0.0625. The number of benzene rings is 2. The molecule has 24 heavy (non-hydrogen) atoms. The van der Waals surface area contributed by atoms with E-state index in [1.165, 1.54) is 19.2 Å². The Labute approximate surface area is 134 Å². The molecule has 8 heteroatoms. The van der Waals surface area contributed by atoms with Gasteiger partial charge in [0.25, 0.3) is 0 Å². The number of hydrogen-bond donors (Lipinski definition) is 5. The van der Waals surface area contributed by atoms with Crippen LogP contribution in [0, 0.1) is 0 Å². The molecule has 0 fully saturated rings. The molecule has 0 saturated heterocycles. The summed E-state index contributed by atoms with van der Waals surface area (Å²) in [6.07, 6.45) is 0. The van der Waals surface area contributed by atoms with Crippen LogP contribution in [0.15, 0.2) is 33.5 Å². The van der Waals surface area contributed by atoms with E-state index in [2.05, 4.69) is 0 Å². The second-order valence-electron chi connectivity index (χ2n) is 4.96. The Kier molecular flexibility index (Phi) is 3.37. The quantitative estimate of drug-likeness (QED) is 0.449. The molecule has 1 aromatic heterocycles. The van der Waals surface area contributed by atoms with Gasteiger partial charge in [0.2, 0.25) is 16.9 Å². The van der Waals surface area contributed by atoms with Crippen LogP contribution in [-0.4, -0.2) is 32.6 Å². The molecule has 3 aromatic rings. The third-order valence-electron chi connectivity index (χ3n) is 3.53. The van der Waals surface area contributed by atoms with Crippen molar-refractivity contribution in [3.63, 3.8) is 0 Å². The number of ether oxygens (including phenoxy) is 1. The van der Waals surface area contributed by atoms with Crippen molar-refractivity contribution < 1.29 is 34.7 Å². The minimum atomic E-state index is -0.978. The second kappa shape index (κ2) is 5.27. The number of rotatable bonds is 2. The van der Waals surface area contributed by atoms with E-state index >= 15 is 0 Å². The van der Waals surface area contributed by atoms with E-state index in [0.29, 0.717) is 0 Å². The molecular formula is C16H12O8. The highest BCUT2D eigenvalue weighted by molar-refractivity contribution is 5.91. The van der Waals surface area contributed by atoms with Gasteiger partial charge in [0.1, 0.15) is 11.0 Å². The van der Waals surface area contributed by atoms with Gasteiger partial charge in [-0.05, 0) is 18.2 Å². The first-order valence-corrected chi connectivity index (χ1v) is 6.66. The minimum Gasteiger partial charge on any atom is -0.504 e. The molecule has 0 aliphatic rings. The van der Waals surface area contributed by atoms with Crippen LogP contribution in [0.3, 0.4) is 0 Å². The molecule has 0 bridgehead atoms. The third-order valence-corrected chi connectivity index (χ3v) is 3.53. The largest absolute Gasteiger partial charge is 0.504 e. The Bertz CT molecular complexity index is 1020. The maximum atomic E-state index is 12.3. The van der Waals surface area contributed by atoms with Gasteiger partial charge in [0.15, 0.2) is 28.8 Å². The van der Waals surface area contributed by atoms with E-state index in [1.807, 2.05) is 0 Å². The maximum Gasteiger partial charge on any atom is 0.238 e. The first-order valence-electron chi connectivity index (χ1n) is 6.66. The van der Waals surface area contributed by atoms with Crippen molar-refractivity contribution in [2.75, 3.05) is 7.11 Å². The monoisotopic (exact) mass is 332 g/mol. The Morgan fingerprint density at radius 2 is 1.62 bits per heavy atom. The highest BCUT2D eigenvalue weighted by atomic mass is 16.5. The van der Waals surface area contributed by atoms with E-state index in [4.69, 9.17) is 9.15 Å². The Balaban J connectivity index is 2.39. The van der Waals surface area contributed by atoms with Crippen molar-refractivity contribution >= 4 is 11.0 Å². The third kappa shape index (κ3) is 2.12. The molecule has 2 aromatic carbocycles. The Hall–Kier alpha value is -3.55. The summed E-state index contributed by atoms with van der Waals surface area (Å²) < 4.78 is 10.3. The number of methoxy groups -OCH3 is 1. The molecule has 124 valence electrons. The molecule has 1 heterocycles. The van der Waals surface area contributed by atoms with Gasteiger partial charge < -0.3 is 34.7 Å². The lowest BCUT2D eigenvalue weighted by Crippen LogP contribution is -2.03. The first-order chi connectivity index (χ1) is 11.3. The fourth-order valence-electron chi connectivity index (χ4n) is 2.31. The second-order valence-corrected chi connectivity index (χ2v) is 4.96. The number of phenols is 4. The fourth-order valence-corrected chi connectivity index (χ4v) is 2.31. The average molecular weight is 332 g/mol. The van der Waals surface area contributed by atoms with Gasteiger partial charge in [-0.25, -0.2) is 0 Å². The predicted octanol–water partition coefficient (Wildman–Crippen LogP) is 2.00. The zero-order valence-corrected chi connectivity index (χ0v) is 12.3. The van der Waals surface area contributed by atoms with E-state index in [1.54, 1.807) is 0 Å². The van der Waals surface area contributed by atoms with Gasteiger partial charge >= 0.3 is 0 Å². The lowest BCUT2D eigenvalue weighted by atomic mass is 10.1. The molecule has 0 amide bonds. The predicted molar refractivity (Wildman–Crippen MR) is 82.8 cm³/mol. The van der Waals surface area contributed by atoms with Crippen LogP contribution in [0.5, 0.6) is 34.5 Å². The van der Waals surface area contributed by atoms with Crippen LogP contribution in [-0.2, 0) is 0 Å². The summed E-state index contributed by atoms with van der Waals surface area (Å²) in [6, 6.07) is 4.74. The number of hydrogen-bond acceptors (Lipinski definition) is 8. The highest BCUT2D eigenvalue weighted by Crippen LogP contribution is 2.43. The topological polar surface area (TPSA) is 141 Å². The van der Waals surface area contributed by atoms with Gasteiger partial charge in [-0.15, -0.1) is 0 Å². The SMILES string of the molecule is COc1cc2oc(-c3ccc(O)c(O)c3)c(O)c(=O)c2c(O)c1O. The lowest BCUT2D eigenvalue weighted by Gasteiger charge is -2.10. The Morgan fingerprint density at radius 1 is 0.917 bits per heavy atom. The summed E-state index contributed by atoms with van der Waals surface area (Å²) >= 11 is 0. The van der Waals surface area contributed by atoms with Crippen molar-refractivity contribution in [2.45, 2.75) is 0 Å². The Morgan fingerprint density at radius 3 is 2.25 bits per heavy atom. The molecule has 3 rings (SSSR count). The zero-order chi connectivity index (χ0) is 17.6. The molecule has 0 aliphatic heterocycles. The molecule has 0 unspecified atom stereocenters. The molecule has 0 atom stereocenters. The minimum absolute atomic E-state index is 0.119. The summed E-state index contributed by atoms with van der Waals surface area (Å²) in [6.45, 7) is 0. The van der Waals surface area contributed by atoms with Gasteiger partial charge in [0, 0.05) is 11.6 Å². The van der Waals surface area contributed by atoms with Crippen LogP contribution >= 0.6 is 0 Å². The zero-order valence-electron chi connectivity index (χ0n) is 12.3. The van der Waals surface area contributed by atoms with Gasteiger partial charge in [-0.1, -0.05) is 0 Å². The van der Waals surface area contributed by atoms with E-state index in [0.717, 1.165) is 12.1 Å². The summed E-state index contributed by atoms with van der Waals surface area (Å²) in [4.78, 5) is 12.3. The summed E-state index contributed by atoms with van der Waals surface area (Å²) in [5.41, 5.74) is -1.00. The van der Waals surface area contributed by atoms with E-state index < -0.39 is 33.8 Å². The average Bonchev–Trinajstić information content (AvgIpc) is 2.56. The smallest absolute Gasteiger partial charge is 0.238 e. The number of fused-ring (bicyclic) bond motifs is 1. The first kappa shape index (κ1) is 15.3. The van der Waals surface area contributed by atoms with Crippen molar-refractivity contribution in [3.05, 3.63) is 34.5 Å². The molecule has 8 nitrogen and oxygen atoms in total. The maximum absolute atomic E-state index is 12.3. The number of aromatic hydroxyl groups is 5. The standard InChI is InChI=1S/C16H12O8/c1-23-10-5-9-11(13(20)12(10)19)14(21)15(22)16(24-9)6-2-3-7(17)8(18)4-6/h2-5,17-20,22H,1H3. The molecule has 0 aliphatic carbocycles. The van der Waals surface area contributed by atoms with Gasteiger partial charge in [-0.3, -0.25) is 4.79 Å². The summed E-state index contributed by atoms with van der Waals surface area (Å²) in [5.74, 6) is -3.54. The van der Waals surface area contributed by atoms with Crippen molar-refractivity contribution in [2.24, 2.45) is 0 Å². The van der Waals surface area contributed by atoms with Crippen LogP contribution in [0.1, 0.15) is 0 Å². The van der Waals surface area contributed by atoms with Crippen LogP contribution < -0.4 is 10.2 Å². The van der Waals surface area contributed by atoms with Crippen LogP contribution in [0.4, 0.5) is 0 Å². The number of phenolic OH excluding ortho intramolecular Hbond substituents is 4. The van der Waals surface area contributed by atoms with Gasteiger partial charge in [-0.2, -0.15) is 0 Å². The molecule has 0 radical (unpaired) electrons. The van der Waals surface area contributed by atoms with Gasteiger partial charge in [0.05, 0.1) is 7.11 Å². The van der Waals surface area contributed by atoms with E-state index in [9.17, 15) is 30.3 Å². The van der Waals surface area contributed by atoms with Crippen molar-refractivity contribution in [1.29, 1.82) is 0 Å². The van der Waals surface area contributed by atoms with Crippen LogP contribution in [0.25, 0.3) is 22.3 Å². The summed E-state index contributed by atoms with van der Waals surface area (Å²) in [5, 5.41) is 48.3. The summed E-state index contributed by atoms with van der Waals surface area (Å²) in [7, 11) is 1.25. The highest BCUT2D eigenvalue weighted by Gasteiger charge is 2.22.